The van der Waals surface area contributed by atoms with Gasteiger partial charge in [-0.2, -0.15) is 23.1 Å². The normalized spacial score (nSPS) is 21.7. The summed E-state index contributed by atoms with van der Waals surface area (Å²) >= 11 is 6.61. The second-order valence-corrected chi connectivity index (χ2v) is 13.3. The highest BCUT2D eigenvalue weighted by Gasteiger charge is 2.39. The number of nitrogen functional groups attached to an aromatic ring is 1. The summed E-state index contributed by atoms with van der Waals surface area (Å²) in [7, 11) is 0. The third-order valence-corrected chi connectivity index (χ3v) is 9.69. The molecule has 6 rings (SSSR count). The average molecular weight is 680 g/mol. The fourth-order valence-electron chi connectivity index (χ4n) is 7.16. The molecule has 3 aliphatic rings. The van der Waals surface area contributed by atoms with Gasteiger partial charge in [-0.15, -0.1) is 0 Å². The van der Waals surface area contributed by atoms with Gasteiger partial charge in [-0.25, -0.2) is 9.37 Å². The standard InChI is InChI=1S/C33H42ClF4N7O2/c1-3-4-12-46-13-6-11-44-10-5-7-22(44)18-47-32-42-29-23(31(43-32)45-16-20-8-9-21(17-45)40-20)15-24(34)26(28(29)35)30-27(33(36,37)38)19(2)14-25(39)41-30/h14-15,20-22,40H,3-13,16-18H2,1-2H3,(H2,39,41)/t20?,21?,22-/m0/s1. The molecule has 3 aliphatic heterocycles. The van der Waals surface area contributed by atoms with E-state index >= 15 is 4.39 Å². The SMILES string of the molecule is CCCCOCCCN1CCC[C@H]1COc1nc(N2CC3CCC(C2)N3)c2cc(Cl)c(-c3nc(N)cc(C)c3C(F)(F)F)c(F)c2n1. The number of alkyl halides is 3. The highest BCUT2D eigenvalue weighted by molar-refractivity contribution is 6.34. The second-order valence-electron chi connectivity index (χ2n) is 12.9. The Labute approximate surface area is 277 Å². The van der Waals surface area contributed by atoms with Crippen LogP contribution in [0.4, 0.5) is 29.2 Å². The minimum Gasteiger partial charge on any atom is -0.462 e. The van der Waals surface area contributed by atoms with Crippen molar-refractivity contribution in [3.63, 3.8) is 0 Å². The summed E-state index contributed by atoms with van der Waals surface area (Å²) in [4.78, 5) is 17.6. The molecule has 3 saturated heterocycles. The summed E-state index contributed by atoms with van der Waals surface area (Å²) in [5.74, 6) is -0.776. The Morgan fingerprint density at radius 3 is 2.53 bits per heavy atom. The van der Waals surface area contributed by atoms with Gasteiger partial charge in [-0.1, -0.05) is 24.9 Å². The maximum absolute atomic E-state index is 16.7. The third-order valence-electron chi connectivity index (χ3n) is 9.40. The number of nitrogens with two attached hydrogens (primary N) is 1. The molecular weight excluding hydrogens is 638 g/mol. The summed E-state index contributed by atoms with van der Waals surface area (Å²) in [5.41, 5.74) is 3.19. The number of rotatable bonds is 12. The highest BCUT2D eigenvalue weighted by atomic mass is 35.5. The molecule has 3 fully saturated rings. The molecule has 3 atom stereocenters. The van der Waals surface area contributed by atoms with E-state index in [1.54, 1.807) is 0 Å². The first-order valence-electron chi connectivity index (χ1n) is 16.5. The average Bonchev–Trinajstić information content (AvgIpc) is 3.61. The number of likely N-dealkylation sites (tertiary alicyclic amines) is 1. The van der Waals surface area contributed by atoms with Crippen LogP contribution in [0, 0.1) is 12.7 Å². The van der Waals surface area contributed by atoms with Crippen LogP contribution in [-0.2, 0) is 10.9 Å². The molecule has 2 unspecified atom stereocenters. The minimum atomic E-state index is -4.83. The van der Waals surface area contributed by atoms with Gasteiger partial charge in [0.15, 0.2) is 5.82 Å². The quantitative estimate of drug-likeness (QED) is 0.167. The number of ether oxygens (including phenoxy) is 2. The fraction of sp³-hybridized carbons (Fsp3) is 0.606. The molecule has 2 aromatic heterocycles. The number of nitrogens with zero attached hydrogens (tertiary/aromatic N) is 5. The Morgan fingerprint density at radius 2 is 1.81 bits per heavy atom. The number of piperazine rings is 1. The molecule has 47 heavy (non-hydrogen) atoms. The smallest absolute Gasteiger partial charge is 0.418 e. The lowest BCUT2D eigenvalue weighted by molar-refractivity contribution is -0.137. The summed E-state index contributed by atoms with van der Waals surface area (Å²) in [5, 5.41) is 3.63. The van der Waals surface area contributed by atoms with Crippen LogP contribution in [0.25, 0.3) is 22.2 Å². The number of hydrogen-bond acceptors (Lipinski definition) is 9. The van der Waals surface area contributed by atoms with Gasteiger partial charge < -0.3 is 25.4 Å². The van der Waals surface area contributed by atoms with Gasteiger partial charge in [-0.05, 0) is 69.7 Å². The number of nitrogens with one attached hydrogen (secondary N) is 1. The first-order valence-corrected chi connectivity index (χ1v) is 16.9. The Kier molecular flexibility index (Phi) is 10.3. The molecule has 9 nitrogen and oxygen atoms in total. The van der Waals surface area contributed by atoms with E-state index in [0.717, 1.165) is 70.7 Å². The van der Waals surface area contributed by atoms with Gasteiger partial charge in [0.1, 0.15) is 23.8 Å². The number of anilines is 2. The molecule has 256 valence electrons. The zero-order valence-electron chi connectivity index (χ0n) is 26.8. The summed E-state index contributed by atoms with van der Waals surface area (Å²) in [6.07, 6.45) is 2.22. The number of unbranched alkanes of at least 4 members (excludes halogenated alkanes) is 1. The van der Waals surface area contributed by atoms with Gasteiger partial charge in [0.2, 0.25) is 0 Å². The Balaban J connectivity index is 1.35. The van der Waals surface area contributed by atoms with E-state index in [1.165, 1.54) is 13.0 Å². The number of pyridine rings is 1. The lowest BCUT2D eigenvalue weighted by Gasteiger charge is -2.34. The molecule has 3 N–H and O–H groups in total. The van der Waals surface area contributed by atoms with Crippen LogP contribution in [0.3, 0.4) is 0 Å². The summed E-state index contributed by atoms with van der Waals surface area (Å²) in [6.45, 7) is 8.25. The second kappa shape index (κ2) is 14.2. The van der Waals surface area contributed by atoms with E-state index in [0.29, 0.717) is 37.5 Å². The summed E-state index contributed by atoms with van der Waals surface area (Å²) in [6, 6.07) is 3.12. The first-order chi connectivity index (χ1) is 22.5. The molecule has 14 heteroatoms. The number of hydrogen-bond donors (Lipinski definition) is 2. The van der Waals surface area contributed by atoms with Crippen LogP contribution in [0.15, 0.2) is 12.1 Å². The topological polar surface area (TPSA) is 102 Å². The van der Waals surface area contributed by atoms with E-state index in [-0.39, 0.29) is 46.1 Å². The molecule has 3 aromatic rings. The van der Waals surface area contributed by atoms with Crippen molar-refractivity contribution in [3.05, 3.63) is 34.1 Å². The van der Waals surface area contributed by atoms with Crippen molar-refractivity contribution >= 4 is 34.1 Å². The highest BCUT2D eigenvalue weighted by Crippen LogP contribution is 2.45. The number of benzene rings is 1. The number of halogens is 5. The predicted octanol–water partition coefficient (Wildman–Crippen LogP) is 6.38. The van der Waals surface area contributed by atoms with Gasteiger partial charge in [0.25, 0.3) is 0 Å². The molecule has 0 spiro atoms. The largest absolute Gasteiger partial charge is 0.462 e. The van der Waals surface area contributed by atoms with Crippen LogP contribution in [0.1, 0.15) is 63.0 Å². The molecule has 0 saturated carbocycles. The van der Waals surface area contributed by atoms with E-state index in [9.17, 15) is 13.2 Å². The third kappa shape index (κ3) is 7.38. The van der Waals surface area contributed by atoms with Crippen LogP contribution in [0.2, 0.25) is 5.02 Å². The van der Waals surface area contributed by atoms with Crippen molar-refractivity contribution in [2.24, 2.45) is 0 Å². The van der Waals surface area contributed by atoms with Gasteiger partial charge in [0, 0.05) is 56.4 Å². The predicted molar refractivity (Wildman–Crippen MR) is 174 cm³/mol. The zero-order chi connectivity index (χ0) is 33.3. The Morgan fingerprint density at radius 1 is 1.06 bits per heavy atom. The maximum Gasteiger partial charge on any atom is 0.418 e. The van der Waals surface area contributed by atoms with Crippen molar-refractivity contribution in [2.45, 2.75) is 83.1 Å². The zero-order valence-corrected chi connectivity index (χ0v) is 27.6. The van der Waals surface area contributed by atoms with Crippen LogP contribution in [0.5, 0.6) is 6.01 Å². The van der Waals surface area contributed by atoms with Crippen molar-refractivity contribution in [3.8, 4) is 17.3 Å². The van der Waals surface area contributed by atoms with Gasteiger partial charge in [-0.3, -0.25) is 4.90 Å². The number of fused-ring (bicyclic) bond motifs is 3. The number of aromatic nitrogens is 3. The summed E-state index contributed by atoms with van der Waals surface area (Å²) < 4.78 is 71.4. The van der Waals surface area contributed by atoms with Gasteiger partial charge >= 0.3 is 12.2 Å². The Hall–Kier alpha value is -3.00. The van der Waals surface area contributed by atoms with E-state index in [1.807, 2.05) is 0 Å². The number of aryl methyl sites for hydroxylation is 1. The van der Waals surface area contributed by atoms with Crippen molar-refractivity contribution < 1.29 is 27.0 Å². The molecule has 0 radical (unpaired) electrons. The lowest BCUT2D eigenvalue weighted by atomic mass is 9.99. The van der Waals surface area contributed by atoms with E-state index < -0.39 is 28.8 Å². The van der Waals surface area contributed by atoms with E-state index in [4.69, 9.17) is 31.8 Å². The molecule has 2 bridgehead atoms. The van der Waals surface area contributed by atoms with Gasteiger partial charge in [0.05, 0.1) is 21.8 Å². The minimum absolute atomic E-state index is 0.0342. The molecular formula is C33H42ClF4N7O2. The monoisotopic (exact) mass is 679 g/mol. The Bertz CT molecular complexity index is 1580. The van der Waals surface area contributed by atoms with E-state index in [2.05, 4.69) is 32.0 Å². The van der Waals surface area contributed by atoms with Crippen molar-refractivity contribution in [2.75, 3.05) is 56.6 Å². The maximum atomic E-state index is 16.7. The molecule has 5 heterocycles. The molecule has 1 aromatic carbocycles. The fourth-order valence-corrected chi connectivity index (χ4v) is 7.44. The first kappa shape index (κ1) is 33.9. The van der Waals surface area contributed by atoms with Crippen LogP contribution < -0.4 is 20.7 Å². The van der Waals surface area contributed by atoms with Crippen LogP contribution in [-0.4, -0.2) is 84.0 Å². The van der Waals surface area contributed by atoms with Crippen LogP contribution >= 0.6 is 11.6 Å². The molecule has 0 amide bonds. The van der Waals surface area contributed by atoms with Crippen molar-refractivity contribution in [1.29, 1.82) is 0 Å². The van der Waals surface area contributed by atoms with Crippen molar-refractivity contribution in [1.82, 2.24) is 25.2 Å². The lowest BCUT2D eigenvalue weighted by Crippen LogP contribution is -2.51. The molecule has 0 aliphatic carbocycles.